The molecule has 0 amide bonds. The van der Waals surface area contributed by atoms with E-state index < -0.39 is 235 Å². The highest BCUT2D eigenvalue weighted by atomic mass is 16.8. The van der Waals surface area contributed by atoms with Gasteiger partial charge in [-0.3, -0.25) is 52.7 Å². The van der Waals surface area contributed by atoms with E-state index in [4.69, 9.17) is 85.3 Å². The van der Waals surface area contributed by atoms with Gasteiger partial charge in [-0.2, -0.15) is 0 Å². The van der Waals surface area contributed by atoms with Crippen molar-refractivity contribution in [2.24, 2.45) is 45.3 Å². The molecular weight excluding hydrogens is 1310 g/mol. The van der Waals surface area contributed by atoms with E-state index in [2.05, 4.69) is 27.7 Å². The van der Waals surface area contributed by atoms with Crippen LogP contribution in [0.1, 0.15) is 183 Å². The van der Waals surface area contributed by atoms with E-state index >= 15 is 0 Å². The fourth-order valence-electron chi connectivity index (χ4n) is 18.6. The van der Waals surface area contributed by atoms with Crippen molar-refractivity contribution in [2.75, 3.05) is 19.8 Å². The van der Waals surface area contributed by atoms with Crippen LogP contribution >= 0.6 is 0 Å². The van der Waals surface area contributed by atoms with Crippen molar-refractivity contribution in [1.82, 2.24) is 0 Å². The normalized spacial score (nSPS) is 40.7. The maximum absolute atomic E-state index is 13.9. The van der Waals surface area contributed by atoms with Crippen LogP contribution in [0.25, 0.3) is 0 Å². The van der Waals surface area contributed by atoms with E-state index in [9.17, 15) is 57.8 Å². The number of aliphatic hydroxyl groups is 1. The summed E-state index contributed by atoms with van der Waals surface area (Å²) >= 11 is 0. The first-order valence-electron chi connectivity index (χ1n) is 34.0. The van der Waals surface area contributed by atoms with Crippen LogP contribution in [0.5, 0.6) is 0 Å². The summed E-state index contributed by atoms with van der Waals surface area (Å²) in [4.78, 5) is 144. The number of hydrogen-bond donors (Lipinski definition) is 1. The molecule has 0 aromatic heterocycles. The van der Waals surface area contributed by atoms with Crippen LogP contribution in [0.2, 0.25) is 0 Å². The average Bonchev–Trinajstić information content (AvgIpc) is 1.66. The lowest BCUT2D eigenvalue weighted by Gasteiger charge is -2.72. The zero-order valence-electron chi connectivity index (χ0n) is 60.3. The number of carbonyl (C=O) groups is 11. The Kier molecular flexibility index (Phi) is 24.1. The predicted octanol–water partition coefficient (Wildman–Crippen LogP) is 5.07. The van der Waals surface area contributed by atoms with Crippen LogP contribution < -0.4 is 0 Å². The molecule has 0 bridgehead atoms. The molecule has 4 saturated carbocycles. The van der Waals surface area contributed by atoms with Gasteiger partial charge in [0.2, 0.25) is 0 Å². The average molecular weight is 1410 g/mol. The van der Waals surface area contributed by atoms with Gasteiger partial charge in [0.1, 0.15) is 31.0 Å². The summed E-state index contributed by atoms with van der Waals surface area (Å²) in [6.45, 7) is 26.4. The summed E-state index contributed by atoms with van der Waals surface area (Å²) in [6.07, 6.45) is -23.0. The Bertz CT molecular complexity index is 3030. The van der Waals surface area contributed by atoms with E-state index in [-0.39, 0.29) is 24.2 Å². The molecule has 8 rings (SSSR count). The molecule has 0 aromatic carbocycles. The highest BCUT2D eigenvalue weighted by Crippen LogP contribution is 2.77. The van der Waals surface area contributed by atoms with Crippen LogP contribution in [0.4, 0.5) is 0 Å². The molecular formula is C69H102O30. The Morgan fingerprint density at radius 1 is 0.455 bits per heavy atom. The first kappa shape index (κ1) is 78.6. The monoisotopic (exact) mass is 1410 g/mol. The summed E-state index contributed by atoms with van der Waals surface area (Å²) in [5.41, 5.74) is -5.15. The van der Waals surface area contributed by atoms with Crippen molar-refractivity contribution in [3.05, 3.63) is 0 Å². The molecule has 4 saturated heterocycles. The summed E-state index contributed by atoms with van der Waals surface area (Å²) < 4.78 is 112. The lowest BCUT2D eigenvalue weighted by molar-refractivity contribution is -0.382. The van der Waals surface area contributed by atoms with Gasteiger partial charge in [-0.15, -0.1) is 0 Å². The van der Waals surface area contributed by atoms with Crippen molar-refractivity contribution in [3.63, 3.8) is 0 Å². The van der Waals surface area contributed by atoms with Crippen molar-refractivity contribution in [3.8, 4) is 0 Å². The van der Waals surface area contributed by atoms with Crippen molar-refractivity contribution in [2.45, 2.75) is 305 Å². The minimum Gasteiger partial charge on any atom is -0.463 e. The number of fused-ring (bicyclic) bond motifs is 5. The first-order valence-corrected chi connectivity index (χ1v) is 34.0. The molecule has 4 aliphatic carbocycles. The van der Waals surface area contributed by atoms with E-state index in [1.165, 1.54) is 13.8 Å². The molecule has 0 radical (unpaired) electrons. The molecule has 1 N–H and O–H groups in total. The molecule has 0 aromatic rings. The van der Waals surface area contributed by atoms with Crippen LogP contribution in [0.3, 0.4) is 0 Å². The Labute approximate surface area is 576 Å². The van der Waals surface area contributed by atoms with Crippen LogP contribution in [0, 0.1) is 45.3 Å². The van der Waals surface area contributed by atoms with Gasteiger partial charge in [0.05, 0.1) is 36.6 Å². The molecule has 0 spiro atoms. The van der Waals surface area contributed by atoms with E-state index in [0.29, 0.717) is 44.9 Å². The van der Waals surface area contributed by atoms with Crippen LogP contribution in [-0.2, 0) is 138 Å². The van der Waals surface area contributed by atoms with Gasteiger partial charge in [0, 0.05) is 87.5 Å². The summed E-state index contributed by atoms with van der Waals surface area (Å²) in [7, 11) is 0. The van der Waals surface area contributed by atoms with E-state index in [1.54, 1.807) is 13.8 Å². The highest BCUT2D eigenvalue weighted by molar-refractivity contribution is 5.71. The zero-order valence-corrected chi connectivity index (χ0v) is 60.3. The molecule has 3 unspecified atom stereocenters. The van der Waals surface area contributed by atoms with E-state index in [0.717, 1.165) is 62.3 Å². The quantitative estimate of drug-likeness (QED) is 0.0890. The third-order valence-electron chi connectivity index (χ3n) is 22.2. The minimum absolute atomic E-state index is 0.180. The largest absolute Gasteiger partial charge is 0.463 e. The van der Waals surface area contributed by atoms with Gasteiger partial charge >= 0.3 is 65.7 Å². The maximum Gasteiger partial charge on any atom is 0.303 e. The van der Waals surface area contributed by atoms with Crippen LogP contribution in [0.15, 0.2) is 0 Å². The highest BCUT2D eigenvalue weighted by Gasteiger charge is 2.75. The van der Waals surface area contributed by atoms with Crippen molar-refractivity contribution < 1.29 is 143 Å². The summed E-state index contributed by atoms with van der Waals surface area (Å²) in [5, 5.41) is 11.3. The molecule has 4 aliphatic heterocycles. The zero-order chi connectivity index (χ0) is 73.6. The Balaban J connectivity index is 1.32. The lowest BCUT2D eigenvalue weighted by Crippen LogP contribution is -2.71. The molecule has 8 fully saturated rings. The molecule has 8 aliphatic rings. The van der Waals surface area contributed by atoms with Gasteiger partial charge < -0.3 is 90.4 Å². The van der Waals surface area contributed by atoms with Crippen molar-refractivity contribution >= 4 is 65.7 Å². The second-order valence-electron chi connectivity index (χ2n) is 30.1. The molecule has 558 valence electrons. The molecule has 26 atom stereocenters. The van der Waals surface area contributed by atoms with Gasteiger partial charge in [-0.1, -0.05) is 34.6 Å². The second kappa shape index (κ2) is 30.4. The van der Waals surface area contributed by atoms with Gasteiger partial charge in [-0.25, -0.2) is 0 Å². The molecule has 30 heteroatoms. The SMILES string of the molecule is CC(=O)OC[C@H]1O[C@H](OC[C@H]2O[C@@H](O[C@H]3C[C@]4(C)[C@H](C[C@@H](OC(C)=O)C5C([C@]6(C)CC[C@@H](C(C)(C)O)O6)CC[C@]54C)[C@@]4(C)CC[C@H](OC(C)=O)C(C)(C)C34)[C@H](O[C@@H]3OC[C@@H](OC(C)=O)[C@H](OC(C)=O)[C@H]3OC(C)=O)[C@@H](OC(C)=O)[C@@H]2OC(C)=O)[C@H](OC(C)=O)[C@@H](OC(C)=O)[C@@H]1OC(C)=O. The number of ether oxygens (including phenoxy) is 18. The van der Waals surface area contributed by atoms with Gasteiger partial charge in [-0.05, 0) is 106 Å². The summed E-state index contributed by atoms with van der Waals surface area (Å²) in [6, 6.07) is 0. The molecule has 4 heterocycles. The number of esters is 11. The fourth-order valence-corrected chi connectivity index (χ4v) is 18.6. The maximum atomic E-state index is 13.9. The van der Waals surface area contributed by atoms with Gasteiger partial charge in [0.15, 0.2) is 73.8 Å². The smallest absolute Gasteiger partial charge is 0.303 e. The Hall–Kier alpha value is -6.15. The summed E-state index contributed by atoms with van der Waals surface area (Å²) in [5.74, 6) is -10.6. The minimum atomic E-state index is -1.87. The lowest BCUT2D eigenvalue weighted by atomic mass is 9.34. The van der Waals surface area contributed by atoms with Crippen LogP contribution in [-0.4, -0.2) is 212 Å². The fraction of sp³-hybridized carbons (Fsp3) is 0.841. The number of hydrogen-bond acceptors (Lipinski definition) is 30. The number of carbonyl (C=O) groups excluding carboxylic acids is 11. The third kappa shape index (κ3) is 16.8. The standard InChI is InChI=1S/C69H102O30/c1-31(70)82-28-46-52(88-35(5)74)55(91-38(8)77)58(94-41(11)80)61(96-46)83-30-47-53(89-36(6)75)56(92-39(9)78)59(98-62-57(93-40(10)79)54(90-37(7)76)45(29-84-62)86-33(3)72)63(97-47)95-44-27-68(18)48(66(16)23-21-49(87-34(4)73)64(12,13)60(44)66)26-43(85-32(2)71)51-42(20-24-67(51,68)17)69(19)25-22-50(99-69)65(14,15)81/h42-63,81H,20-30H2,1-19H3/t42?,43-,44+,45-,46-,47-,48-,49+,50+,51?,52-,53-,54+,55+,56+,57-,58-,59-,60?,61+,62+,63-,66-,67-,68-,69+/m1/s1. The third-order valence-corrected chi connectivity index (χ3v) is 22.2. The topological polar surface area (TPSA) is 374 Å². The molecule has 99 heavy (non-hydrogen) atoms. The first-order chi connectivity index (χ1) is 45.9. The Morgan fingerprint density at radius 2 is 0.929 bits per heavy atom. The molecule has 30 nitrogen and oxygen atoms in total. The van der Waals surface area contributed by atoms with Crippen molar-refractivity contribution in [1.29, 1.82) is 0 Å². The second-order valence-corrected chi connectivity index (χ2v) is 30.1. The van der Waals surface area contributed by atoms with Gasteiger partial charge in [0.25, 0.3) is 0 Å². The Morgan fingerprint density at radius 3 is 1.44 bits per heavy atom. The van der Waals surface area contributed by atoms with E-state index in [1.807, 2.05) is 13.8 Å². The number of rotatable bonds is 21. The predicted molar refractivity (Wildman–Crippen MR) is 334 cm³/mol.